The van der Waals surface area contributed by atoms with Gasteiger partial charge in [-0.05, 0) is 6.92 Å². The van der Waals surface area contributed by atoms with Gasteiger partial charge in [-0.2, -0.15) is 0 Å². The van der Waals surface area contributed by atoms with Gasteiger partial charge < -0.3 is 24.7 Å². The van der Waals surface area contributed by atoms with Gasteiger partial charge >= 0.3 is 17.5 Å². The minimum atomic E-state index is -1.76. The van der Waals surface area contributed by atoms with Crippen LogP contribution in [0.5, 0.6) is 11.5 Å². The molecule has 0 fully saturated rings. The Hall–Kier alpha value is -3.36. The number of methoxy groups -OCH3 is 1. The minimum absolute atomic E-state index is 0.135. The van der Waals surface area contributed by atoms with Crippen LogP contribution >= 0.6 is 0 Å². The van der Waals surface area contributed by atoms with Crippen LogP contribution in [0.1, 0.15) is 17.3 Å². The van der Waals surface area contributed by atoms with Gasteiger partial charge in [0.25, 0.3) is 0 Å². The fraction of sp³-hybridized carbons (Fsp3) is 0.143. The molecule has 0 radical (unpaired) electrons. The van der Waals surface area contributed by atoms with Crippen molar-refractivity contribution in [3.05, 3.63) is 28.1 Å². The number of carbonyl (C=O) groups is 3. The van der Waals surface area contributed by atoms with E-state index >= 15 is 0 Å². The van der Waals surface area contributed by atoms with Gasteiger partial charge in [-0.3, -0.25) is 9.59 Å². The molecular formula is C14H11NO8. The standard InChI is InChI=1S/C14H11NO8/c1-5(16)9-11(17)10-7(15-12(18)13(19)20)3-6(22-2)4-8(10)23-14(9)21/h3-4,17H,1-2H3,(H,15,18)(H,19,20). The normalized spacial score (nSPS) is 10.3. The van der Waals surface area contributed by atoms with Crippen molar-refractivity contribution < 1.29 is 33.8 Å². The Morgan fingerprint density at radius 1 is 1.26 bits per heavy atom. The van der Waals surface area contributed by atoms with Crippen LogP contribution in [-0.4, -0.2) is 35.0 Å². The lowest BCUT2D eigenvalue weighted by atomic mass is 10.1. The maximum atomic E-state index is 11.8. The molecule has 9 heteroatoms. The monoisotopic (exact) mass is 321 g/mol. The van der Waals surface area contributed by atoms with Crippen molar-refractivity contribution in [1.82, 2.24) is 0 Å². The van der Waals surface area contributed by atoms with Crippen LogP contribution in [0.25, 0.3) is 11.0 Å². The van der Waals surface area contributed by atoms with Crippen LogP contribution in [0.4, 0.5) is 5.69 Å². The number of amides is 1. The lowest BCUT2D eigenvalue weighted by Gasteiger charge is -2.11. The van der Waals surface area contributed by atoms with Crippen molar-refractivity contribution in [2.75, 3.05) is 12.4 Å². The van der Waals surface area contributed by atoms with Crippen molar-refractivity contribution in [3.8, 4) is 11.5 Å². The Labute approximate surface area is 128 Å². The molecule has 0 atom stereocenters. The van der Waals surface area contributed by atoms with Gasteiger partial charge in [0.1, 0.15) is 22.6 Å². The summed E-state index contributed by atoms with van der Waals surface area (Å²) in [7, 11) is 1.30. The van der Waals surface area contributed by atoms with Crippen molar-refractivity contribution in [1.29, 1.82) is 0 Å². The molecule has 0 unspecified atom stereocenters. The summed E-state index contributed by atoms with van der Waals surface area (Å²) in [6.45, 7) is 1.05. The summed E-state index contributed by atoms with van der Waals surface area (Å²) in [5, 5.41) is 20.7. The van der Waals surface area contributed by atoms with Crippen LogP contribution in [0.15, 0.2) is 21.3 Å². The second-order valence-corrected chi connectivity index (χ2v) is 4.48. The number of ketones is 1. The molecule has 0 saturated carbocycles. The van der Waals surface area contributed by atoms with Gasteiger partial charge in [-0.25, -0.2) is 9.59 Å². The lowest BCUT2D eigenvalue weighted by molar-refractivity contribution is -0.147. The predicted molar refractivity (Wildman–Crippen MR) is 77.0 cm³/mol. The number of rotatable bonds is 3. The van der Waals surface area contributed by atoms with Gasteiger partial charge in [0, 0.05) is 12.1 Å². The number of fused-ring (bicyclic) bond motifs is 1. The Morgan fingerprint density at radius 2 is 1.91 bits per heavy atom. The molecule has 0 aliphatic heterocycles. The van der Waals surface area contributed by atoms with Gasteiger partial charge in [0.05, 0.1) is 18.2 Å². The van der Waals surface area contributed by atoms with Gasteiger partial charge in [-0.15, -0.1) is 0 Å². The zero-order valence-electron chi connectivity index (χ0n) is 12.0. The number of hydrogen-bond acceptors (Lipinski definition) is 7. The first-order valence-corrected chi connectivity index (χ1v) is 6.19. The molecule has 1 aromatic heterocycles. The van der Waals surface area contributed by atoms with E-state index in [1.807, 2.05) is 5.32 Å². The number of nitrogens with one attached hydrogen (secondary N) is 1. The smallest absolute Gasteiger partial charge is 0.394 e. The van der Waals surface area contributed by atoms with Gasteiger partial charge in [0.15, 0.2) is 5.78 Å². The third-order valence-electron chi connectivity index (χ3n) is 2.99. The van der Waals surface area contributed by atoms with Crippen LogP contribution < -0.4 is 15.7 Å². The number of aliphatic carboxylic acids is 1. The molecule has 23 heavy (non-hydrogen) atoms. The number of carboxylic acid groups (broad SMARTS) is 1. The molecule has 2 aromatic rings. The molecule has 1 heterocycles. The third-order valence-corrected chi connectivity index (χ3v) is 2.99. The maximum absolute atomic E-state index is 11.8. The number of carboxylic acids is 1. The highest BCUT2D eigenvalue weighted by atomic mass is 16.5. The molecule has 1 amide bonds. The summed E-state index contributed by atoms with van der Waals surface area (Å²) in [5.41, 5.74) is -2.03. The Morgan fingerprint density at radius 3 is 2.43 bits per heavy atom. The van der Waals surface area contributed by atoms with E-state index < -0.39 is 34.6 Å². The Bertz CT molecular complexity index is 896. The van der Waals surface area contributed by atoms with Crippen LogP contribution in [-0.2, 0) is 9.59 Å². The zero-order valence-corrected chi connectivity index (χ0v) is 12.0. The largest absolute Gasteiger partial charge is 0.506 e. The summed E-state index contributed by atoms with van der Waals surface area (Å²) in [6.07, 6.45) is 0. The number of benzene rings is 1. The molecule has 1 aromatic carbocycles. The SMILES string of the molecule is COc1cc(NC(=O)C(=O)O)c2c(O)c(C(C)=O)c(=O)oc2c1. The topological polar surface area (TPSA) is 143 Å². The maximum Gasteiger partial charge on any atom is 0.394 e. The van der Waals surface area contributed by atoms with E-state index in [1.54, 1.807) is 0 Å². The molecule has 0 spiro atoms. The van der Waals surface area contributed by atoms with Crippen LogP contribution in [0.2, 0.25) is 0 Å². The Balaban J connectivity index is 2.85. The fourth-order valence-electron chi connectivity index (χ4n) is 1.99. The fourth-order valence-corrected chi connectivity index (χ4v) is 1.99. The number of anilines is 1. The molecule has 120 valence electrons. The predicted octanol–water partition coefficient (Wildman–Crippen LogP) is 0.733. The molecular weight excluding hydrogens is 310 g/mol. The average molecular weight is 321 g/mol. The number of ether oxygens (including phenoxy) is 1. The number of carbonyl (C=O) groups excluding carboxylic acids is 2. The summed E-state index contributed by atoms with van der Waals surface area (Å²) in [4.78, 5) is 45.3. The molecule has 9 nitrogen and oxygen atoms in total. The first-order valence-electron chi connectivity index (χ1n) is 6.19. The van der Waals surface area contributed by atoms with Crippen LogP contribution in [0.3, 0.4) is 0 Å². The van der Waals surface area contributed by atoms with E-state index in [1.165, 1.54) is 19.2 Å². The molecule has 0 aliphatic carbocycles. The van der Waals surface area contributed by atoms with E-state index in [-0.39, 0.29) is 22.4 Å². The van der Waals surface area contributed by atoms with E-state index in [4.69, 9.17) is 14.3 Å². The van der Waals surface area contributed by atoms with Crippen LogP contribution in [0, 0.1) is 0 Å². The molecule has 3 N–H and O–H groups in total. The molecule has 2 rings (SSSR count). The third kappa shape index (κ3) is 2.84. The van der Waals surface area contributed by atoms with Gasteiger partial charge in [0.2, 0.25) is 0 Å². The first kappa shape index (κ1) is 16.0. The second kappa shape index (κ2) is 5.79. The van der Waals surface area contributed by atoms with E-state index in [2.05, 4.69) is 0 Å². The van der Waals surface area contributed by atoms with Crippen molar-refractivity contribution in [3.63, 3.8) is 0 Å². The first-order chi connectivity index (χ1) is 10.8. The van der Waals surface area contributed by atoms with E-state index in [9.17, 15) is 24.3 Å². The number of Topliss-reactive ketones (excluding diaryl/α,β-unsaturated/α-hetero) is 1. The highest BCUT2D eigenvalue weighted by Gasteiger charge is 2.23. The molecule has 0 bridgehead atoms. The van der Waals surface area contributed by atoms with Crippen molar-refractivity contribution in [2.24, 2.45) is 0 Å². The highest BCUT2D eigenvalue weighted by Crippen LogP contribution is 2.36. The number of hydrogen-bond donors (Lipinski definition) is 3. The minimum Gasteiger partial charge on any atom is -0.506 e. The van der Waals surface area contributed by atoms with Crippen molar-refractivity contribution >= 4 is 34.3 Å². The summed E-state index contributed by atoms with van der Waals surface area (Å²) < 4.78 is 9.90. The second-order valence-electron chi connectivity index (χ2n) is 4.48. The zero-order chi connectivity index (χ0) is 17.3. The quantitative estimate of drug-likeness (QED) is 0.426. The van der Waals surface area contributed by atoms with E-state index in [0.717, 1.165) is 6.92 Å². The summed E-state index contributed by atoms with van der Waals surface area (Å²) in [5.74, 6) is -4.47. The molecule has 0 aliphatic rings. The number of aromatic hydroxyl groups is 1. The summed E-state index contributed by atoms with van der Waals surface area (Å²) in [6, 6.07) is 2.46. The highest BCUT2D eigenvalue weighted by molar-refractivity contribution is 6.37. The lowest BCUT2D eigenvalue weighted by Crippen LogP contribution is -2.22. The van der Waals surface area contributed by atoms with E-state index in [0.29, 0.717) is 0 Å². The van der Waals surface area contributed by atoms with Gasteiger partial charge in [-0.1, -0.05) is 0 Å². The molecule has 0 saturated heterocycles. The average Bonchev–Trinajstić information content (AvgIpc) is 2.45. The summed E-state index contributed by atoms with van der Waals surface area (Å²) >= 11 is 0. The Kier molecular flexibility index (Phi) is 4.04. The van der Waals surface area contributed by atoms with Crippen molar-refractivity contribution in [2.45, 2.75) is 6.92 Å².